The van der Waals surface area contributed by atoms with Crippen LogP contribution in [-0.2, 0) is 6.42 Å². The monoisotopic (exact) mass is 440 g/mol. The Kier molecular flexibility index (Phi) is 5.85. The molecule has 0 saturated heterocycles. The fraction of sp³-hybridized carbons (Fsp3) is 0.179. The van der Waals surface area contributed by atoms with Crippen molar-refractivity contribution >= 4 is 17.0 Å². The number of fused-ring (bicyclic) bond motifs is 2. The van der Waals surface area contributed by atoms with E-state index in [0.29, 0.717) is 47.9 Å². The largest absolute Gasteiger partial charge is 0.489 e. The van der Waals surface area contributed by atoms with Crippen molar-refractivity contribution < 1.29 is 18.6 Å². The van der Waals surface area contributed by atoms with E-state index in [2.05, 4.69) is 0 Å². The van der Waals surface area contributed by atoms with Crippen molar-refractivity contribution in [3.8, 4) is 28.4 Å². The van der Waals surface area contributed by atoms with Crippen molar-refractivity contribution in [1.82, 2.24) is 0 Å². The van der Waals surface area contributed by atoms with Crippen LogP contribution in [0.15, 0.2) is 82.2 Å². The molecule has 0 unspecified atom stereocenters. The van der Waals surface area contributed by atoms with Crippen molar-refractivity contribution in [2.24, 2.45) is 0 Å². The molecule has 0 aliphatic carbocycles. The summed E-state index contributed by atoms with van der Waals surface area (Å²) in [6.45, 7) is 3.48. The molecule has 5 heteroatoms. The lowest BCUT2D eigenvalue weighted by atomic mass is 10.0. The van der Waals surface area contributed by atoms with Gasteiger partial charge in [0.1, 0.15) is 37.4 Å². The number of hydrogen-bond acceptors (Lipinski definition) is 5. The fourth-order valence-electron chi connectivity index (χ4n) is 3.91. The van der Waals surface area contributed by atoms with Crippen LogP contribution in [0.4, 0.5) is 0 Å². The first-order chi connectivity index (χ1) is 16.2. The van der Waals surface area contributed by atoms with Gasteiger partial charge in [0.05, 0.1) is 10.9 Å². The number of hydrogen-bond donors (Lipinski definition) is 0. The average Bonchev–Trinajstić information content (AvgIpc) is 2.87. The van der Waals surface area contributed by atoms with Gasteiger partial charge in [-0.05, 0) is 47.4 Å². The molecule has 5 nitrogen and oxygen atoms in total. The zero-order valence-electron chi connectivity index (χ0n) is 18.4. The van der Waals surface area contributed by atoms with Crippen LogP contribution < -0.4 is 19.6 Å². The topological polar surface area (TPSA) is 57.9 Å². The number of aryl methyl sites for hydroxylation is 1. The zero-order chi connectivity index (χ0) is 22.6. The highest BCUT2D eigenvalue weighted by Gasteiger charge is 2.16. The van der Waals surface area contributed by atoms with Crippen molar-refractivity contribution in [1.29, 1.82) is 0 Å². The van der Waals surface area contributed by atoms with Gasteiger partial charge in [0.25, 0.3) is 0 Å². The fourth-order valence-corrected chi connectivity index (χ4v) is 3.91. The van der Waals surface area contributed by atoms with Gasteiger partial charge in [0.15, 0.2) is 11.5 Å². The molecule has 166 valence electrons. The van der Waals surface area contributed by atoms with Crippen LogP contribution in [0.25, 0.3) is 28.2 Å². The summed E-state index contributed by atoms with van der Waals surface area (Å²) >= 11 is 0. The zero-order valence-corrected chi connectivity index (χ0v) is 18.4. The van der Waals surface area contributed by atoms with Gasteiger partial charge in [0.2, 0.25) is 5.43 Å². The maximum absolute atomic E-state index is 13.3. The van der Waals surface area contributed by atoms with Crippen LogP contribution in [0.1, 0.15) is 18.1 Å². The van der Waals surface area contributed by atoms with E-state index in [1.807, 2.05) is 73.7 Å². The lowest BCUT2D eigenvalue weighted by molar-refractivity contribution is 0.171. The molecule has 1 aliphatic rings. The van der Waals surface area contributed by atoms with Crippen LogP contribution >= 0.6 is 0 Å². The van der Waals surface area contributed by atoms with Crippen LogP contribution in [0.3, 0.4) is 0 Å². The van der Waals surface area contributed by atoms with Gasteiger partial charge in [-0.1, -0.05) is 49.4 Å². The maximum atomic E-state index is 13.3. The van der Waals surface area contributed by atoms with Gasteiger partial charge in [-0.25, -0.2) is 0 Å². The molecule has 3 aromatic carbocycles. The molecule has 0 bridgehead atoms. The van der Waals surface area contributed by atoms with Gasteiger partial charge in [-0.2, -0.15) is 0 Å². The smallest absolute Gasteiger partial charge is 0.200 e. The summed E-state index contributed by atoms with van der Waals surface area (Å²) in [7, 11) is 0. The van der Waals surface area contributed by atoms with E-state index in [-0.39, 0.29) is 5.43 Å². The Morgan fingerprint density at radius 1 is 0.970 bits per heavy atom. The van der Waals surface area contributed by atoms with Gasteiger partial charge in [-0.15, -0.1) is 0 Å². The van der Waals surface area contributed by atoms with E-state index in [4.69, 9.17) is 18.6 Å². The minimum atomic E-state index is -0.0850. The average molecular weight is 440 g/mol. The summed E-state index contributed by atoms with van der Waals surface area (Å²) < 4.78 is 23.1. The lowest BCUT2D eigenvalue weighted by Crippen LogP contribution is -2.15. The Morgan fingerprint density at radius 2 is 1.79 bits per heavy atom. The quantitative estimate of drug-likeness (QED) is 0.374. The second kappa shape index (κ2) is 9.25. The highest BCUT2D eigenvalue weighted by Crippen LogP contribution is 2.34. The second-order valence-corrected chi connectivity index (χ2v) is 7.77. The first kappa shape index (κ1) is 20.9. The summed E-state index contributed by atoms with van der Waals surface area (Å²) in [5.41, 5.74) is 3.72. The first-order valence-electron chi connectivity index (χ1n) is 11.1. The molecule has 0 fully saturated rings. The third kappa shape index (κ3) is 4.35. The summed E-state index contributed by atoms with van der Waals surface area (Å²) in [5.74, 6) is 2.05. The van der Waals surface area contributed by atoms with E-state index in [1.165, 1.54) is 6.26 Å². The lowest BCUT2D eigenvalue weighted by Gasteiger charge is -2.18. The van der Waals surface area contributed by atoms with Crippen molar-refractivity contribution in [2.75, 3.05) is 19.8 Å². The van der Waals surface area contributed by atoms with E-state index < -0.39 is 0 Å². The predicted octanol–water partition coefficient (Wildman–Crippen LogP) is 5.89. The molecule has 33 heavy (non-hydrogen) atoms. The van der Waals surface area contributed by atoms with Crippen molar-refractivity contribution in [3.63, 3.8) is 0 Å². The standard InChI is InChI=1S/C28H24O5/c1-2-20-15-22-26(17-25(20)30-12-6-9-19-7-4-3-5-8-19)33-18-23(28(22)29)21-10-11-24-27(16-21)32-14-13-31-24/h3-11,15-18H,2,12-14H2,1H3. The Bertz CT molecular complexity index is 1370. The van der Waals surface area contributed by atoms with Crippen LogP contribution in [0.5, 0.6) is 17.2 Å². The molecule has 1 aromatic heterocycles. The number of benzene rings is 3. The Balaban J connectivity index is 1.43. The molecule has 5 rings (SSSR count). The van der Waals surface area contributed by atoms with Crippen molar-refractivity contribution in [3.05, 3.63) is 94.4 Å². The second-order valence-electron chi connectivity index (χ2n) is 7.77. The molecule has 0 N–H and O–H groups in total. The summed E-state index contributed by atoms with van der Waals surface area (Å²) in [5, 5.41) is 0.534. The minimum Gasteiger partial charge on any atom is -0.489 e. The van der Waals surface area contributed by atoms with Gasteiger partial charge < -0.3 is 18.6 Å². The van der Waals surface area contributed by atoms with E-state index in [0.717, 1.165) is 28.9 Å². The predicted molar refractivity (Wildman–Crippen MR) is 129 cm³/mol. The van der Waals surface area contributed by atoms with Crippen LogP contribution in [0, 0.1) is 0 Å². The number of ether oxygens (including phenoxy) is 3. The van der Waals surface area contributed by atoms with Crippen LogP contribution in [0.2, 0.25) is 0 Å². The SMILES string of the molecule is CCc1cc2c(=O)c(-c3ccc4c(c3)OCCO4)coc2cc1OCC=Cc1ccccc1. The summed E-state index contributed by atoms with van der Waals surface area (Å²) in [6, 6.07) is 19.2. The first-order valence-corrected chi connectivity index (χ1v) is 11.1. The summed E-state index contributed by atoms with van der Waals surface area (Å²) in [6.07, 6.45) is 6.23. The molecule has 2 heterocycles. The molecule has 0 radical (unpaired) electrons. The van der Waals surface area contributed by atoms with Gasteiger partial charge in [-0.3, -0.25) is 4.79 Å². The molecular weight excluding hydrogens is 416 g/mol. The molecule has 0 spiro atoms. The molecule has 0 amide bonds. The highest BCUT2D eigenvalue weighted by atomic mass is 16.6. The molecule has 0 atom stereocenters. The van der Waals surface area contributed by atoms with Crippen molar-refractivity contribution in [2.45, 2.75) is 13.3 Å². The molecular formula is C28H24O5. The minimum absolute atomic E-state index is 0.0850. The van der Waals surface area contributed by atoms with E-state index in [9.17, 15) is 4.79 Å². The van der Waals surface area contributed by atoms with E-state index >= 15 is 0 Å². The maximum Gasteiger partial charge on any atom is 0.200 e. The molecule has 1 aliphatic heterocycles. The Morgan fingerprint density at radius 3 is 2.61 bits per heavy atom. The van der Waals surface area contributed by atoms with Crippen LogP contribution in [-0.4, -0.2) is 19.8 Å². The number of rotatable bonds is 6. The van der Waals surface area contributed by atoms with E-state index in [1.54, 1.807) is 6.07 Å². The Hall–Kier alpha value is -3.99. The third-order valence-electron chi connectivity index (χ3n) is 5.63. The Labute approximate surface area is 191 Å². The summed E-state index contributed by atoms with van der Waals surface area (Å²) in [4.78, 5) is 13.3. The third-order valence-corrected chi connectivity index (χ3v) is 5.63. The molecule has 0 saturated carbocycles. The molecule has 4 aromatic rings. The normalized spacial score (nSPS) is 12.9. The van der Waals surface area contributed by atoms with Gasteiger partial charge in [0, 0.05) is 6.07 Å². The van der Waals surface area contributed by atoms with Gasteiger partial charge >= 0.3 is 0 Å². The highest BCUT2D eigenvalue weighted by molar-refractivity contribution is 5.84.